The maximum atomic E-state index is 15.6. The number of fused-ring (bicyclic) bond motifs is 2. The number of morpholine rings is 1. The lowest BCUT2D eigenvalue weighted by atomic mass is 9.91. The normalized spacial score (nSPS) is 13.3. The number of H-pyrrole nitrogens is 3. The lowest BCUT2D eigenvalue weighted by Gasteiger charge is -2.24. The molecule has 0 saturated carbocycles. The summed E-state index contributed by atoms with van der Waals surface area (Å²) in [5.41, 5.74) is 1.15. The Labute approximate surface area is 509 Å². The van der Waals surface area contributed by atoms with E-state index in [0.717, 1.165) is 19.2 Å². The van der Waals surface area contributed by atoms with E-state index in [1.807, 2.05) is 47.6 Å². The van der Waals surface area contributed by atoms with Crippen LogP contribution in [0.25, 0.3) is 67.5 Å². The van der Waals surface area contributed by atoms with Gasteiger partial charge in [0.1, 0.15) is 11.6 Å². The molecule has 1 aliphatic rings. The quantitative estimate of drug-likeness (QED) is 0.0298. The van der Waals surface area contributed by atoms with E-state index in [0.29, 0.717) is 64.0 Å². The number of carbonyl (C=O) groups excluding carboxylic acids is 4. The molecule has 0 atom stereocenters. The van der Waals surface area contributed by atoms with Gasteiger partial charge in [-0.25, -0.2) is 19.9 Å². The number of hydrogen-bond donors (Lipinski definition) is 6. The lowest BCUT2D eigenvalue weighted by molar-refractivity contribution is -0.138. The number of amides is 3. The van der Waals surface area contributed by atoms with E-state index >= 15 is 13.2 Å². The second kappa shape index (κ2) is 24.5. The highest BCUT2D eigenvalue weighted by Crippen LogP contribution is 2.40. The molecular formula is C60H56ClF3N18O7. The highest BCUT2D eigenvalue weighted by molar-refractivity contribution is 6.31. The van der Waals surface area contributed by atoms with Crippen LogP contribution in [-0.2, 0) is 51.3 Å². The predicted molar refractivity (Wildman–Crippen MR) is 319 cm³/mol. The van der Waals surface area contributed by atoms with E-state index < -0.39 is 58.9 Å². The Hall–Kier alpha value is -10.2. The molecule has 0 bridgehead atoms. The summed E-state index contributed by atoms with van der Waals surface area (Å²) in [4.78, 5) is 88.6. The largest absolute Gasteiger partial charge is 0.416 e. The number of ether oxygens (including phenoxy) is 1. The Balaban J connectivity index is 0.880. The Morgan fingerprint density at radius 3 is 2.13 bits per heavy atom. The first-order chi connectivity index (χ1) is 42.4. The third-order valence-electron chi connectivity index (χ3n) is 14.2. The van der Waals surface area contributed by atoms with Gasteiger partial charge in [0.25, 0.3) is 5.89 Å². The number of aryl methyl sites for hydroxylation is 1. The van der Waals surface area contributed by atoms with Gasteiger partial charge in [-0.1, -0.05) is 87.6 Å². The van der Waals surface area contributed by atoms with Crippen molar-refractivity contribution < 1.29 is 46.1 Å². The van der Waals surface area contributed by atoms with Crippen LogP contribution in [-0.4, -0.2) is 131 Å². The van der Waals surface area contributed by atoms with Gasteiger partial charge in [-0.2, -0.15) is 33.3 Å². The van der Waals surface area contributed by atoms with Crippen molar-refractivity contribution in [2.45, 2.75) is 77.9 Å². The Morgan fingerprint density at radius 2 is 1.46 bits per heavy atom. The van der Waals surface area contributed by atoms with Gasteiger partial charge >= 0.3 is 23.9 Å². The van der Waals surface area contributed by atoms with Crippen LogP contribution in [0.3, 0.4) is 0 Å². The number of Topliss-reactive ketones (excluding diaryl/α,β-unsaturated/α-hetero) is 1. The maximum absolute atomic E-state index is 15.6. The van der Waals surface area contributed by atoms with Gasteiger partial charge in [-0.15, -0.1) is 0 Å². The molecule has 1 aliphatic heterocycles. The predicted octanol–water partition coefficient (Wildman–Crippen LogP) is 8.95. The highest BCUT2D eigenvalue weighted by atomic mass is 35.5. The first kappa shape index (κ1) is 60.4. The van der Waals surface area contributed by atoms with E-state index in [-0.39, 0.29) is 86.4 Å². The zero-order valence-corrected chi connectivity index (χ0v) is 49.7. The number of aromatic amines is 3. The van der Waals surface area contributed by atoms with Crippen molar-refractivity contribution in [1.29, 1.82) is 0 Å². The molecule has 0 spiro atoms. The summed E-state index contributed by atoms with van der Waals surface area (Å²) >= 11 is 6.77. The van der Waals surface area contributed by atoms with Crippen LogP contribution in [0.4, 0.5) is 24.7 Å². The summed E-state index contributed by atoms with van der Waals surface area (Å²) in [5.74, 6) is 3.15. The molecular weight excluding hydrogens is 1180 g/mol. The smallest absolute Gasteiger partial charge is 0.379 e. The van der Waals surface area contributed by atoms with Crippen molar-refractivity contribution in [3.8, 4) is 57.0 Å². The minimum absolute atomic E-state index is 0.00301. The minimum Gasteiger partial charge on any atom is -0.379 e. The second-order valence-electron chi connectivity index (χ2n) is 22.8. The van der Waals surface area contributed by atoms with Crippen molar-refractivity contribution in [3.63, 3.8) is 0 Å². The first-order valence-electron chi connectivity index (χ1n) is 27.8. The molecule has 0 unspecified atom stereocenters. The number of rotatable bonds is 16. The number of nitrogens with one attached hydrogen (secondary N) is 6. The molecule has 3 amide bonds. The van der Waals surface area contributed by atoms with Crippen molar-refractivity contribution in [1.82, 2.24) is 80.4 Å². The summed E-state index contributed by atoms with van der Waals surface area (Å²) in [6.07, 6.45) is 2.97. The van der Waals surface area contributed by atoms with Crippen LogP contribution in [0.2, 0.25) is 5.02 Å². The van der Waals surface area contributed by atoms with Crippen LogP contribution in [0.15, 0.2) is 88.5 Å². The number of pyridine rings is 2. The van der Waals surface area contributed by atoms with Crippen LogP contribution >= 0.6 is 11.6 Å². The fourth-order valence-electron chi connectivity index (χ4n) is 9.57. The third-order valence-corrected chi connectivity index (χ3v) is 14.5. The number of anilines is 2. The molecule has 0 aliphatic carbocycles. The summed E-state index contributed by atoms with van der Waals surface area (Å²) in [7, 11) is 1.61. The maximum Gasteiger partial charge on any atom is 0.416 e. The molecule has 89 heavy (non-hydrogen) atoms. The molecule has 10 aromatic rings. The summed E-state index contributed by atoms with van der Waals surface area (Å²) in [6.45, 7) is 14.4. The fraction of sp³-hybridized carbons (Fsp3) is 0.300. The number of halogens is 4. The van der Waals surface area contributed by atoms with Gasteiger partial charge in [0.2, 0.25) is 11.7 Å². The number of alkyl halides is 3. The highest BCUT2D eigenvalue weighted by Gasteiger charge is 2.36. The Morgan fingerprint density at radius 1 is 0.798 bits per heavy atom. The average molecular weight is 1230 g/mol. The van der Waals surface area contributed by atoms with Crippen molar-refractivity contribution in [2.75, 3.05) is 43.5 Å². The SMILES string of the molecule is Cn1cc(NC(=O)C#Cc2cc(-c3ccnc4nc(-c5cn[nH]c5NC(=O)/C=C/CN5CCOCC5)[nH]c34)cc(C(F)(F)F)c2CCC(=O)c2nc(C(C)(C)C)no2)c(-c2nc3nccc(-c4ccc(CNC(=O)c5nc(C(C)(C)C)no5)c(Cl)c4)c3[nH]2)n1. The number of hydrogen-bond acceptors (Lipinski definition) is 18. The van der Waals surface area contributed by atoms with Gasteiger partial charge in [0.15, 0.2) is 34.5 Å². The number of aromatic nitrogens is 14. The van der Waals surface area contributed by atoms with Gasteiger partial charge in [0, 0.05) is 103 Å². The molecule has 25 nitrogen and oxygen atoms in total. The molecule has 6 N–H and O–H groups in total. The standard InChI is InChI=1S/C60H56ClF3N18O7/c1-58(2,3)56-75-54(88-79-56)42(83)14-13-35-31(25-34(26-39(35)60(62,63)64)37-17-19-65-50-46(37)71-48(73-50)38-29-68-77-49(38)70-43(84)9-8-20-82-21-23-87-24-22-82)12-15-44(85)69-41-30-81(7)78-47(41)52-72-45-36(16-18-66-51(45)74-52)32-10-11-33(40(61)27-32)28-67-53(86)55-76-57(80-89-55)59(4,5)6/h8-11,16-19,25-27,29-30H,13-14,20-24,28H2,1-7H3,(H,67,86)(H,69,85)(H,65,71,73)(H,66,72,74)(H2,68,70,77,84)/b9-8+. The molecule has 0 radical (unpaired) electrons. The molecule has 8 aromatic heterocycles. The van der Waals surface area contributed by atoms with Gasteiger partial charge in [0.05, 0.1) is 47.3 Å². The van der Waals surface area contributed by atoms with Crippen molar-refractivity contribution in [2.24, 2.45) is 7.05 Å². The van der Waals surface area contributed by atoms with E-state index in [1.165, 1.54) is 41.5 Å². The Bertz CT molecular complexity index is 4470. The number of nitrogens with zero attached hydrogens (tertiary/aromatic N) is 12. The number of ketones is 1. The molecule has 1 fully saturated rings. The fourth-order valence-corrected chi connectivity index (χ4v) is 9.82. The first-order valence-corrected chi connectivity index (χ1v) is 28.2. The van der Waals surface area contributed by atoms with Crippen LogP contribution in [0.5, 0.6) is 0 Å². The van der Waals surface area contributed by atoms with Gasteiger partial charge in [-0.3, -0.25) is 33.9 Å². The zero-order valence-electron chi connectivity index (χ0n) is 48.9. The topological polar surface area (TPSA) is 324 Å². The van der Waals surface area contributed by atoms with Crippen molar-refractivity contribution in [3.05, 3.63) is 130 Å². The van der Waals surface area contributed by atoms with Crippen LogP contribution in [0.1, 0.15) is 103 Å². The molecule has 1 saturated heterocycles. The summed E-state index contributed by atoms with van der Waals surface area (Å²) in [6, 6.07) is 10.9. The molecule has 456 valence electrons. The zero-order chi connectivity index (χ0) is 62.9. The second-order valence-corrected chi connectivity index (χ2v) is 23.2. The number of carbonyl (C=O) groups is 4. The van der Waals surface area contributed by atoms with E-state index in [1.54, 1.807) is 37.5 Å². The number of benzene rings is 2. The van der Waals surface area contributed by atoms with Crippen molar-refractivity contribution >= 4 is 68.9 Å². The van der Waals surface area contributed by atoms with Crippen LogP contribution < -0.4 is 16.0 Å². The van der Waals surface area contributed by atoms with Gasteiger partial charge in [-0.05, 0) is 59.0 Å². The lowest BCUT2D eigenvalue weighted by Crippen LogP contribution is -2.36. The monoisotopic (exact) mass is 1230 g/mol. The van der Waals surface area contributed by atoms with E-state index in [9.17, 15) is 19.2 Å². The molecule has 11 rings (SSSR count). The van der Waals surface area contributed by atoms with E-state index in [2.05, 4.69) is 98.2 Å². The Kier molecular flexibility index (Phi) is 16.6. The molecule has 2 aromatic carbocycles. The third kappa shape index (κ3) is 13.5. The minimum atomic E-state index is -5.02. The summed E-state index contributed by atoms with van der Waals surface area (Å²) < 4.78 is 64.0. The number of imidazole rings is 2. The van der Waals surface area contributed by atoms with Crippen LogP contribution in [0, 0.1) is 11.8 Å². The molecule has 29 heteroatoms. The summed E-state index contributed by atoms with van der Waals surface area (Å²) in [5, 5.41) is 27.8. The molecule has 9 heterocycles. The van der Waals surface area contributed by atoms with Gasteiger partial charge < -0.3 is 39.7 Å². The average Bonchev–Trinajstić information content (AvgIpc) is 1.93. The van der Waals surface area contributed by atoms with E-state index in [4.69, 9.17) is 25.4 Å².